The molecule has 548 valence electrons. The van der Waals surface area contributed by atoms with Gasteiger partial charge in [0.05, 0.1) is 180 Å². The van der Waals surface area contributed by atoms with Crippen LogP contribution in [0.4, 0.5) is 11.4 Å². The summed E-state index contributed by atoms with van der Waals surface area (Å²) in [4.78, 5) is 81.3. The molecule has 5 aliphatic heterocycles. The molecule has 1 N–H and O–H groups in total. The van der Waals surface area contributed by atoms with Gasteiger partial charge in [-0.05, 0) is 99.0 Å². The van der Waals surface area contributed by atoms with Gasteiger partial charge in [-0.1, -0.05) is 35.9 Å². The van der Waals surface area contributed by atoms with E-state index in [1.165, 1.54) is 17.1 Å². The van der Waals surface area contributed by atoms with Gasteiger partial charge in [-0.3, -0.25) is 38.9 Å². The Labute approximate surface area is 587 Å². The quantitative estimate of drug-likeness (QED) is 0.0191. The van der Waals surface area contributed by atoms with Gasteiger partial charge in [-0.15, -0.1) is 0 Å². The fraction of sp³-hybridized carbons (Fsp3) is 0.562. The first-order valence-electron chi connectivity index (χ1n) is 34.4. The van der Waals surface area contributed by atoms with Gasteiger partial charge < -0.3 is 86.3 Å². The van der Waals surface area contributed by atoms with E-state index in [1.54, 1.807) is 36.6 Å². The second-order valence-electron chi connectivity index (χ2n) is 23.6. The number of benzene rings is 3. The van der Waals surface area contributed by atoms with Gasteiger partial charge in [0.25, 0.3) is 23.6 Å². The molecule has 5 aliphatic rings. The SMILES string of the molecule is C=C1C[C@H]2C=Nc3cc(OCc4cc(/C=N/OCCOCCOCCOCCOCCOCCOCCOCC)cc(COc5cc6c(cc5OC)C(=O)N5CC(=C)C[C@H]5C=N6)c4)c(C)cc3C(=O)N2C1.CCOCCOCCOCCOCCNC(=O)CCCCCN1C(=O)C=CC1=O. The molecule has 0 saturated carbocycles. The molecule has 2 atom stereocenters. The van der Waals surface area contributed by atoms with Gasteiger partial charge >= 0.3 is 0 Å². The summed E-state index contributed by atoms with van der Waals surface area (Å²) in [6.45, 7) is 27.6. The highest BCUT2D eigenvalue weighted by Crippen LogP contribution is 2.40. The summed E-state index contributed by atoms with van der Waals surface area (Å²) in [5.41, 5.74) is 7.28. The Morgan fingerprint density at radius 1 is 0.540 bits per heavy atom. The van der Waals surface area contributed by atoms with Gasteiger partial charge in [-0.25, -0.2) is 0 Å². The molecule has 0 unspecified atom stereocenters. The van der Waals surface area contributed by atoms with Crippen molar-refractivity contribution in [2.45, 2.75) is 84.6 Å². The molecule has 2 fully saturated rings. The minimum absolute atomic E-state index is 0.0240. The van der Waals surface area contributed by atoms with Crippen LogP contribution in [0.1, 0.15) is 95.3 Å². The molecule has 0 aliphatic carbocycles. The van der Waals surface area contributed by atoms with Gasteiger partial charge in [0.2, 0.25) is 5.91 Å². The minimum Gasteiger partial charge on any atom is -0.493 e. The molecule has 0 spiro atoms. The van der Waals surface area contributed by atoms with Gasteiger partial charge in [-0.2, -0.15) is 0 Å². The number of hydrogen-bond donors (Lipinski definition) is 1. The van der Waals surface area contributed by atoms with Gasteiger partial charge in [0.1, 0.15) is 25.6 Å². The summed E-state index contributed by atoms with van der Waals surface area (Å²) in [5, 5.41) is 7.01. The Kier molecular flexibility index (Phi) is 36.5. The first kappa shape index (κ1) is 79.5. The minimum atomic E-state index is -0.260. The molecule has 0 bridgehead atoms. The number of aliphatic imine (C=N–C) groups is 2. The number of ether oxygens (including phenoxy) is 14. The van der Waals surface area contributed by atoms with E-state index >= 15 is 0 Å². The summed E-state index contributed by atoms with van der Waals surface area (Å²) in [6, 6.07) is 12.7. The monoisotopic (exact) mass is 1400 g/mol. The summed E-state index contributed by atoms with van der Waals surface area (Å²) in [6.07, 6.45) is 11.8. The Balaban J connectivity index is 0.000000406. The van der Waals surface area contributed by atoms with E-state index in [0.29, 0.717) is 237 Å². The van der Waals surface area contributed by atoms with Crippen molar-refractivity contribution in [1.29, 1.82) is 0 Å². The lowest BCUT2D eigenvalue weighted by Crippen LogP contribution is -2.35. The van der Waals surface area contributed by atoms with Crippen LogP contribution in [0.25, 0.3) is 0 Å². The first-order chi connectivity index (χ1) is 48.8. The van der Waals surface area contributed by atoms with Crippen molar-refractivity contribution in [3.05, 3.63) is 112 Å². The predicted octanol–water partition coefficient (Wildman–Crippen LogP) is 7.30. The zero-order valence-corrected chi connectivity index (χ0v) is 58.6. The third kappa shape index (κ3) is 28.0. The van der Waals surface area contributed by atoms with Crippen LogP contribution in [0, 0.1) is 6.92 Å². The topological polar surface area (TPSA) is 283 Å². The highest BCUT2D eigenvalue weighted by Gasteiger charge is 2.36. The highest BCUT2D eigenvalue weighted by atomic mass is 16.6. The van der Waals surface area contributed by atoms with Crippen molar-refractivity contribution in [2.75, 3.05) is 185 Å². The predicted molar refractivity (Wildman–Crippen MR) is 374 cm³/mol. The summed E-state index contributed by atoms with van der Waals surface area (Å²) in [5.74, 6) is 0.729. The lowest BCUT2D eigenvalue weighted by atomic mass is 10.1. The molecule has 27 nitrogen and oxygen atoms in total. The molecule has 8 rings (SSSR count). The zero-order valence-electron chi connectivity index (χ0n) is 58.6. The highest BCUT2D eigenvalue weighted by molar-refractivity contribution is 6.13. The smallest absolute Gasteiger partial charge is 0.257 e. The van der Waals surface area contributed by atoms with Crippen molar-refractivity contribution in [1.82, 2.24) is 20.0 Å². The van der Waals surface area contributed by atoms with Crippen molar-refractivity contribution in [3.8, 4) is 17.2 Å². The Hall–Kier alpha value is -7.80. The first-order valence-corrected chi connectivity index (χ1v) is 34.4. The molecule has 27 heteroatoms. The Bertz CT molecular complexity index is 3200. The Morgan fingerprint density at radius 2 is 0.980 bits per heavy atom. The normalized spacial score (nSPS) is 16.1. The van der Waals surface area contributed by atoms with Crippen LogP contribution in [0.15, 0.2) is 94.1 Å². The molecule has 5 amide bonds. The summed E-state index contributed by atoms with van der Waals surface area (Å²) in [7, 11) is 1.54. The van der Waals surface area contributed by atoms with E-state index < -0.39 is 0 Å². The molecular formula is C73H101N7O20. The average molecular weight is 1400 g/mol. The molecule has 2 saturated heterocycles. The lowest BCUT2D eigenvalue weighted by molar-refractivity contribution is -0.137. The van der Waals surface area contributed by atoms with Crippen molar-refractivity contribution in [3.63, 3.8) is 0 Å². The number of nitrogens with zero attached hydrogens (tertiary/aromatic N) is 6. The molecule has 0 aromatic heterocycles. The number of carbonyl (C=O) groups is 5. The molecule has 3 aromatic rings. The maximum Gasteiger partial charge on any atom is 0.257 e. The van der Waals surface area contributed by atoms with Gasteiger partial charge in [0.15, 0.2) is 11.5 Å². The van der Waals surface area contributed by atoms with Crippen LogP contribution in [-0.2, 0) is 84.5 Å². The molecule has 0 radical (unpaired) electrons. The lowest BCUT2D eigenvalue weighted by Gasteiger charge is -2.20. The van der Waals surface area contributed by atoms with E-state index in [0.717, 1.165) is 46.2 Å². The van der Waals surface area contributed by atoms with Crippen LogP contribution >= 0.6 is 0 Å². The third-order valence-corrected chi connectivity index (χ3v) is 15.9. The number of oxime groups is 1. The average Bonchev–Trinajstić information content (AvgIpc) is 1.61. The maximum absolute atomic E-state index is 13.6. The largest absolute Gasteiger partial charge is 0.493 e. The number of aryl methyl sites for hydroxylation is 1. The van der Waals surface area contributed by atoms with E-state index in [-0.39, 0.29) is 61.4 Å². The van der Waals surface area contributed by atoms with Crippen molar-refractivity contribution in [2.24, 2.45) is 15.1 Å². The van der Waals surface area contributed by atoms with E-state index in [2.05, 4.69) is 28.6 Å². The fourth-order valence-corrected chi connectivity index (χ4v) is 10.8. The summed E-state index contributed by atoms with van der Waals surface area (Å²) >= 11 is 0. The van der Waals surface area contributed by atoms with Crippen LogP contribution in [0.5, 0.6) is 17.2 Å². The van der Waals surface area contributed by atoms with Crippen molar-refractivity contribution < 1.29 is 95.1 Å². The van der Waals surface area contributed by atoms with Gasteiger partial charge in [0, 0.05) is 82.5 Å². The third-order valence-electron chi connectivity index (χ3n) is 15.9. The number of unbranched alkanes of at least 4 members (excludes halogenated alkanes) is 2. The number of fused-ring (bicyclic) bond motifs is 4. The zero-order chi connectivity index (χ0) is 70.9. The molecule has 5 heterocycles. The van der Waals surface area contributed by atoms with E-state index in [4.69, 9.17) is 76.1 Å². The number of amides is 5. The van der Waals surface area contributed by atoms with Crippen LogP contribution in [0.3, 0.4) is 0 Å². The van der Waals surface area contributed by atoms with E-state index in [1.807, 2.05) is 62.2 Å². The standard InChI is InChI=1S/C53H67N5O13.C20H34N2O7/c1-6-62-7-8-63-9-10-64-11-12-65-13-14-66-15-16-67-17-18-68-19-20-71-56-30-40-24-41(35-69-49-28-47-45(23-39(49)4)52(59)57-33-37(2)21-43(57)31-54-47)26-42(25-40)36-70-51-29-48-46(27-50(51)61-5)53(60)58-34-38(3)22-44(58)32-55-48;1-2-26-12-13-28-16-17-29-15-14-27-11-9-21-18(23)6-4-3-5-10-22-19(24)7-8-20(22)25/h23-32,43-44H,2-3,6-22,33-36H2,1,4-5H3;7-8H,2-6,9-17H2,1H3,(H,21,23)/b56-30+;/t43-,44-;/m0./s1. The number of carbonyl (C=O) groups excluding carboxylic acids is 5. The molecule has 3 aromatic carbocycles. The number of rotatable bonds is 50. The molecular weight excluding hydrogens is 1290 g/mol. The Morgan fingerprint density at radius 3 is 1.46 bits per heavy atom. The fourth-order valence-electron chi connectivity index (χ4n) is 10.8. The number of nitrogens with one attached hydrogen (secondary N) is 1. The van der Waals surface area contributed by atoms with Crippen molar-refractivity contribution >= 4 is 59.6 Å². The number of hydrogen-bond acceptors (Lipinski definition) is 23. The van der Waals surface area contributed by atoms with Crippen LogP contribution in [0.2, 0.25) is 0 Å². The molecule has 100 heavy (non-hydrogen) atoms. The number of methoxy groups -OCH3 is 1. The van der Waals surface area contributed by atoms with Crippen LogP contribution in [-0.4, -0.2) is 260 Å². The van der Waals surface area contributed by atoms with E-state index in [9.17, 15) is 24.0 Å². The maximum atomic E-state index is 13.6. The second-order valence-corrected chi connectivity index (χ2v) is 23.6. The number of imide groups is 1. The van der Waals surface area contributed by atoms with Crippen LogP contribution < -0.4 is 19.5 Å². The second kappa shape index (κ2) is 45.9. The summed E-state index contributed by atoms with van der Waals surface area (Å²) < 4.78 is 78.1.